The van der Waals surface area contributed by atoms with E-state index in [9.17, 15) is 14.4 Å². The van der Waals surface area contributed by atoms with Gasteiger partial charge in [-0.25, -0.2) is 9.48 Å². The number of aromatic nitrogens is 4. The summed E-state index contributed by atoms with van der Waals surface area (Å²) in [6, 6.07) is 20.8. The third-order valence-corrected chi connectivity index (χ3v) is 5.07. The first-order valence-electron chi connectivity index (χ1n) is 10.7. The summed E-state index contributed by atoms with van der Waals surface area (Å²) in [6.45, 7) is 1.84. The van der Waals surface area contributed by atoms with Gasteiger partial charge in [-0.3, -0.25) is 9.59 Å². The van der Waals surface area contributed by atoms with Crippen LogP contribution in [0, 0.1) is 6.92 Å². The Kier molecular flexibility index (Phi) is 7.22. The van der Waals surface area contributed by atoms with Crippen molar-refractivity contribution in [2.45, 2.75) is 13.5 Å². The molecule has 1 aromatic heterocycles. The minimum atomic E-state index is -0.660. The number of rotatable bonds is 8. The van der Waals surface area contributed by atoms with Gasteiger partial charge in [0.25, 0.3) is 11.8 Å². The normalized spacial score (nSPS) is 10.4. The summed E-state index contributed by atoms with van der Waals surface area (Å²) < 4.78 is 6.55. The molecule has 0 unspecified atom stereocenters. The van der Waals surface area contributed by atoms with Crippen LogP contribution in [0.25, 0.3) is 5.69 Å². The summed E-state index contributed by atoms with van der Waals surface area (Å²) in [5, 5.41) is 16.4. The van der Waals surface area contributed by atoms with E-state index in [1.165, 1.54) is 11.0 Å². The number of anilines is 1. The molecule has 0 spiro atoms. The number of benzene rings is 3. The lowest BCUT2D eigenvalue weighted by Crippen LogP contribution is -2.26. The van der Waals surface area contributed by atoms with Crippen LogP contribution in [0.2, 0.25) is 0 Å². The number of aryl methyl sites for hydroxylation is 1. The monoisotopic (exact) mass is 470 g/mol. The van der Waals surface area contributed by atoms with Gasteiger partial charge in [-0.1, -0.05) is 42.0 Å². The predicted octanol–water partition coefficient (Wildman–Crippen LogP) is 2.70. The van der Waals surface area contributed by atoms with Gasteiger partial charge in [0.2, 0.25) is 0 Å². The largest absolute Gasteiger partial charge is 0.452 e. The number of amides is 2. The van der Waals surface area contributed by atoms with Crippen LogP contribution in [-0.2, 0) is 16.1 Å². The molecule has 10 nitrogen and oxygen atoms in total. The minimum Gasteiger partial charge on any atom is -0.452 e. The number of hydrogen-bond donors (Lipinski definition) is 2. The molecule has 4 rings (SSSR count). The van der Waals surface area contributed by atoms with Crippen molar-refractivity contribution >= 4 is 23.5 Å². The second-order valence-corrected chi connectivity index (χ2v) is 7.64. The molecule has 176 valence electrons. The fourth-order valence-corrected chi connectivity index (χ4v) is 3.20. The Morgan fingerprint density at radius 1 is 0.943 bits per heavy atom. The molecule has 0 saturated carbocycles. The Balaban J connectivity index is 1.31. The Morgan fingerprint density at radius 2 is 1.69 bits per heavy atom. The number of ether oxygens (including phenoxy) is 1. The average Bonchev–Trinajstić information content (AvgIpc) is 3.42. The fraction of sp³-hybridized carbons (Fsp3) is 0.120. The topological polar surface area (TPSA) is 128 Å². The van der Waals surface area contributed by atoms with Crippen molar-refractivity contribution in [3.8, 4) is 5.69 Å². The maximum atomic E-state index is 12.7. The van der Waals surface area contributed by atoms with E-state index in [2.05, 4.69) is 26.2 Å². The molecule has 4 aromatic rings. The molecule has 0 saturated heterocycles. The van der Waals surface area contributed by atoms with Gasteiger partial charge < -0.3 is 15.4 Å². The maximum absolute atomic E-state index is 12.7. The molecule has 1 heterocycles. The summed E-state index contributed by atoms with van der Waals surface area (Å²) in [6.07, 6.45) is 1.43. The Labute approximate surface area is 200 Å². The summed E-state index contributed by atoms with van der Waals surface area (Å²) >= 11 is 0. The van der Waals surface area contributed by atoms with Crippen LogP contribution >= 0.6 is 0 Å². The number of esters is 1. The molecule has 10 heteroatoms. The Hall–Kier alpha value is -4.86. The molecule has 3 aromatic carbocycles. The lowest BCUT2D eigenvalue weighted by molar-refractivity contribution is -0.119. The van der Waals surface area contributed by atoms with Crippen LogP contribution in [-0.4, -0.2) is 44.6 Å². The number of carbonyl (C=O) groups excluding carboxylic acids is 3. The van der Waals surface area contributed by atoms with E-state index in [1.807, 2.05) is 31.2 Å². The van der Waals surface area contributed by atoms with Crippen LogP contribution in [0.5, 0.6) is 0 Å². The molecular formula is C25H22N6O4. The lowest BCUT2D eigenvalue weighted by atomic mass is 10.1. The number of nitrogens with zero attached hydrogens (tertiary/aromatic N) is 4. The third kappa shape index (κ3) is 6.14. The molecular weight excluding hydrogens is 448 g/mol. The van der Waals surface area contributed by atoms with Crippen molar-refractivity contribution in [2.75, 3.05) is 11.9 Å². The molecule has 0 aliphatic carbocycles. The highest BCUT2D eigenvalue weighted by molar-refractivity contribution is 6.04. The molecule has 0 aliphatic heterocycles. The van der Waals surface area contributed by atoms with E-state index in [4.69, 9.17) is 4.74 Å². The van der Waals surface area contributed by atoms with E-state index in [0.29, 0.717) is 23.5 Å². The first-order valence-corrected chi connectivity index (χ1v) is 10.7. The highest BCUT2D eigenvalue weighted by Crippen LogP contribution is 2.16. The molecule has 0 radical (unpaired) electrons. The average molecular weight is 470 g/mol. The van der Waals surface area contributed by atoms with Gasteiger partial charge in [-0.2, -0.15) is 0 Å². The molecule has 2 amide bonds. The van der Waals surface area contributed by atoms with Crippen molar-refractivity contribution in [3.05, 3.63) is 101 Å². The van der Waals surface area contributed by atoms with Crippen LogP contribution in [0.3, 0.4) is 0 Å². The van der Waals surface area contributed by atoms with Crippen molar-refractivity contribution < 1.29 is 19.1 Å². The van der Waals surface area contributed by atoms with Crippen LogP contribution in [0.4, 0.5) is 5.69 Å². The zero-order chi connectivity index (χ0) is 24.6. The Morgan fingerprint density at radius 3 is 2.40 bits per heavy atom. The molecule has 0 bridgehead atoms. The van der Waals surface area contributed by atoms with Gasteiger partial charge in [0.05, 0.1) is 22.5 Å². The zero-order valence-corrected chi connectivity index (χ0v) is 18.8. The number of nitrogens with one attached hydrogen (secondary N) is 2. The summed E-state index contributed by atoms with van der Waals surface area (Å²) in [7, 11) is 0. The second kappa shape index (κ2) is 10.8. The first-order chi connectivity index (χ1) is 17.0. The van der Waals surface area contributed by atoms with E-state index in [-0.39, 0.29) is 11.5 Å². The van der Waals surface area contributed by atoms with Crippen LogP contribution < -0.4 is 10.6 Å². The van der Waals surface area contributed by atoms with E-state index in [0.717, 1.165) is 11.1 Å². The van der Waals surface area contributed by atoms with Gasteiger partial charge in [-0.15, -0.1) is 5.10 Å². The first kappa shape index (κ1) is 23.3. The molecule has 35 heavy (non-hydrogen) atoms. The number of hydrogen-bond acceptors (Lipinski definition) is 7. The van der Waals surface area contributed by atoms with Gasteiger partial charge >= 0.3 is 5.97 Å². The van der Waals surface area contributed by atoms with Crippen LogP contribution in [0.15, 0.2) is 79.1 Å². The summed E-state index contributed by atoms with van der Waals surface area (Å²) in [5.41, 5.74) is 3.66. The standard InChI is InChI=1S/C25H22N6O4/c1-17-6-8-18(9-7-17)14-26-24(33)21-4-2-3-5-22(21)28-23(32)15-35-25(34)19-10-12-20(13-11-19)31-16-27-29-30-31/h2-13,16H,14-15H2,1H3,(H,26,33)(H,28,32). The van der Waals surface area contributed by atoms with Crippen molar-refractivity contribution in [1.82, 2.24) is 25.5 Å². The van der Waals surface area contributed by atoms with Gasteiger partial charge in [0, 0.05) is 6.54 Å². The Bertz CT molecular complexity index is 1320. The van der Waals surface area contributed by atoms with Gasteiger partial charge in [0.1, 0.15) is 6.33 Å². The SMILES string of the molecule is Cc1ccc(CNC(=O)c2ccccc2NC(=O)COC(=O)c2ccc(-n3cnnn3)cc2)cc1. The van der Waals surface area contributed by atoms with Gasteiger partial charge in [0.15, 0.2) is 6.61 Å². The number of carbonyl (C=O) groups is 3. The van der Waals surface area contributed by atoms with E-state index >= 15 is 0 Å². The highest BCUT2D eigenvalue weighted by atomic mass is 16.5. The number of para-hydroxylation sites is 1. The molecule has 0 aliphatic rings. The van der Waals surface area contributed by atoms with E-state index < -0.39 is 18.5 Å². The second-order valence-electron chi connectivity index (χ2n) is 7.64. The minimum absolute atomic E-state index is 0.269. The van der Waals surface area contributed by atoms with Gasteiger partial charge in [-0.05, 0) is 59.3 Å². The number of tetrazole rings is 1. The van der Waals surface area contributed by atoms with Crippen molar-refractivity contribution in [2.24, 2.45) is 0 Å². The summed E-state index contributed by atoms with van der Waals surface area (Å²) in [4.78, 5) is 37.4. The zero-order valence-electron chi connectivity index (χ0n) is 18.8. The predicted molar refractivity (Wildman–Crippen MR) is 127 cm³/mol. The lowest BCUT2D eigenvalue weighted by Gasteiger charge is -2.12. The van der Waals surface area contributed by atoms with E-state index in [1.54, 1.807) is 48.5 Å². The summed E-state index contributed by atoms with van der Waals surface area (Å²) in [5.74, 6) is -1.56. The highest BCUT2D eigenvalue weighted by Gasteiger charge is 2.15. The van der Waals surface area contributed by atoms with Crippen LogP contribution in [0.1, 0.15) is 31.8 Å². The maximum Gasteiger partial charge on any atom is 0.338 e. The van der Waals surface area contributed by atoms with Crippen molar-refractivity contribution in [3.63, 3.8) is 0 Å². The molecule has 0 fully saturated rings. The molecule has 0 atom stereocenters. The van der Waals surface area contributed by atoms with Crippen molar-refractivity contribution in [1.29, 1.82) is 0 Å². The smallest absolute Gasteiger partial charge is 0.338 e. The quantitative estimate of drug-likeness (QED) is 0.379. The molecule has 2 N–H and O–H groups in total. The third-order valence-electron chi connectivity index (χ3n) is 5.07. The fourth-order valence-electron chi connectivity index (χ4n) is 3.20.